The third-order valence-corrected chi connectivity index (χ3v) is 5.73. The summed E-state index contributed by atoms with van der Waals surface area (Å²) in [5.41, 5.74) is 0.0960. The number of amides is 1. The predicted molar refractivity (Wildman–Crippen MR) is 101 cm³/mol. The van der Waals surface area contributed by atoms with E-state index in [2.05, 4.69) is 20.4 Å². The quantitative estimate of drug-likeness (QED) is 0.727. The van der Waals surface area contributed by atoms with E-state index in [1.54, 1.807) is 0 Å². The number of morpholine rings is 1. The summed E-state index contributed by atoms with van der Waals surface area (Å²) >= 11 is 0. The summed E-state index contributed by atoms with van der Waals surface area (Å²) in [6.45, 7) is 7.03. The van der Waals surface area contributed by atoms with E-state index in [4.69, 9.17) is 9.26 Å². The summed E-state index contributed by atoms with van der Waals surface area (Å²) in [6, 6.07) is 0. The first-order chi connectivity index (χ1) is 13.1. The highest BCUT2D eigenvalue weighted by Gasteiger charge is 2.38. The molecule has 8 nitrogen and oxygen atoms in total. The van der Waals surface area contributed by atoms with Crippen LogP contribution in [-0.4, -0.2) is 77.8 Å². The summed E-state index contributed by atoms with van der Waals surface area (Å²) in [6.07, 6.45) is 6.84. The van der Waals surface area contributed by atoms with Crippen LogP contribution in [0.15, 0.2) is 4.52 Å². The zero-order valence-electron chi connectivity index (χ0n) is 16.7. The number of carbonyl (C=O) groups is 1. The topological polar surface area (TPSA) is 83.7 Å². The maximum atomic E-state index is 12.5. The minimum Gasteiger partial charge on any atom is -0.379 e. The molecule has 1 saturated heterocycles. The smallest absolute Gasteiger partial charge is 0.240 e. The second kappa shape index (κ2) is 9.61. The Hall–Kier alpha value is -1.51. The average Bonchev–Trinajstić information content (AvgIpc) is 3.15. The molecule has 1 aromatic heterocycles. The van der Waals surface area contributed by atoms with Gasteiger partial charge in [-0.05, 0) is 19.9 Å². The molecule has 27 heavy (non-hydrogen) atoms. The minimum atomic E-state index is 0.0472. The Balaban J connectivity index is 1.49. The molecule has 1 aliphatic heterocycles. The van der Waals surface area contributed by atoms with Gasteiger partial charge in [-0.25, -0.2) is 0 Å². The molecule has 8 heteroatoms. The fraction of sp³-hybridized carbons (Fsp3) is 0.842. The fourth-order valence-electron chi connectivity index (χ4n) is 4.20. The molecule has 0 unspecified atom stereocenters. The summed E-state index contributed by atoms with van der Waals surface area (Å²) < 4.78 is 10.7. The number of hydrogen-bond acceptors (Lipinski definition) is 7. The first-order valence-electron chi connectivity index (χ1n) is 10.2. The van der Waals surface area contributed by atoms with Crippen LogP contribution in [0.5, 0.6) is 0 Å². The number of ether oxygens (including phenoxy) is 1. The zero-order chi connectivity index (χ0) is 19.1. The van der Waals surface area contributed by atoms with Crippen molar-refractivity contribution in [1.82, 2.24) is 25.3 Å². The van der Waals surface area contributed by atoms with Crippen LogP contribution in [0.2, 0.25) is 0 Å². The van der Waals surface area contributed by atoms with E-state index in [1.807, 2.05) is 18.9 Å². The summed E-state index contributed by atoms with van der Waals surface area (Å²) in [7, 11) is 1.90. The van der Waals surface area contributed by atoms with Crippen molar-refractivity contribution in [2.24, 2.45) is 0 Å². The molecule has 2 aliphatic rings. The Kier molecular flexibility index (Phi) is 7.20. The maximum Gasteiger partial charge on any atom is 0.240 e. The van der Waals surface area contributed by atoms with Gasteiger partial charge in [-0.2, -0.15) is 4.98 Å². The largest absolute Gasteiger partial charge is 0.379 e. The highest BCUT2D eigenvalue weighted by Crippen LogP contribution is 2.33. The molecule has 0 atom stereocenters. The van der Waals surface area contributed by atoms with Crippen LogP contribution < -0.4 is 5.32 Å². The molecule has 1 N–H and O–H groups in total. The van der Waals surface area contributed by atoms with Gasteiger partial charge < -0.3 is 14.6 Å². The van der Waals surface area contributed by atoms with Crippen LogP contribution >= 0.6 is 0 Å². The van der Waals surface area contributed by atoms with E-state index in [9.17, 15) is 4.79 Å². The maximum absolute atomic E-state index is 12.5. The second-order valence-corrected chi connectivity index (χ2v) is 7.79. The van der Waals surface area contributed by atoms with E-state index in [-0.39, 0.29) is 11.4 Å². The van der Waals surface area contributed by atoms with Crippen molar-refractivity contribution in [2.75, 3.05) is 46.4 Å². The van der Waals surface area contributed by atoms with Gasteiger partial charge in [0.05, 0.1) is 26.3 Å². The normalized spacial score (nSPS) is 20.7. The van der Waals surface area contributed by atoms with E-state index in [1.165, 1.54) is 19.3 Å². The van der Waals surface area contributed by atoms with Gasteiger partial charge in [0.15, 0.2) is 5.82 Å². The van der Waals surface area contributed by atoms with E-state index in [0.717, 1.165) is 52.1 Å². The van der Waals surface area contributed by atoms with Crippen molar-refractivity contribution in [3.05, 3.63) is 11.7 Å². The van der Waals surface area contributed by atoms with Crippen LogP contribution in [-0.2, 0) is 22.5 Å². The number of nitrogens with one attached hydrogen (secondary N) is 1. The first-order valence-corrected chi connectivity index (χ1v) is 10.2. The van der Waals surface area contributed by atoms with Gasteiger partial charge in [-0.1, -0.05) is 31.3 Å². The number of carbonyl (C=O) groups excluding carboxylic acids is 1. The monoisotopic (exact) mass is 379 g/mol. The average molecular weight is 380 g/mol. The van der Waals surface area contributed by atoms with Gasteiger partial charge in [-0.3, -0.25) is 14.6 Å². The van der Waals surface area contributed by atoms with Crippen molar-refractivity contribution in [3.8, 4) is 0 Å². The Bertz CT molecular complexity index is 594. The van der Waals surface area contributed by atoms with Crippen molar-refractivity contribution >= 4 is 5.91 Å². The molecule has 1 amide bonds. The van der Waals surface area contributed by atoms with E-state index < -0.39 is 0 Å². The van der Waals surface area contributed by atoms with E-state index >= 15 is 0 Å². The number of likely N-dealkylation sites (N-methyl/N-ethyl adjacent to an activating group) is 1. The highest BCUT2D eigenvalue weighted by molar-refractivity contribution is 5.78. The van der Waals surface area contributed by atoms with Gasteiger partial charge in [0.1, 0.15) is 0 Å². The van der Waals surface area contributed by atoms with Crippen molar-refractivity contribution < 1.29 is 14.1 Å². The molecule has 2 heterocycles. The number of nitrogens with zero attached hydrogens (tertiary/aromatic N) is 4. The van der Waals surface area contributed by atoms with Gasteiger partial charge in [-0.15, -0.1) is 0 Å². The fourth-order valence-corrected chi connectivity index (χ4v) is 4.20. The highest BCUT2D eigenvalue weighted by atomic mass is 16.5. The Morgan fingerprint density at radius 1 is 1.26 bits per heavy atom. The molecule has 0 bridgehead atoms. The third kappa shape index (κ3) is 5.49. The van der Waals surface area contributed by atoms with Crippen LogP contribution in [0.3, 0.4) is 0 Å². The SMILES string of the molecule is CCc1noc(CN(C)CC(=O)NCC2(N3CCOCC3)CCCCC2)n1. The Morgan fingerprint density at radius 2 is 2.00 bits per heavy atom. The van der Waals surface area contributed by atoms with Crippen molar-refractivity contribution in [2.45, 2.75) is 57.5 Å². The molecule has 1 aliphatic carbocycles. The van der Waals surface area contributed by atoms with Crippen molar-refractivity contribution in [3.63, 3.8) is 0 Å². The lowest BCUT2D eigenvalue weighted by molar-refractivity contribution is -0.123. The molecule has 1 saturated carbocycles. The number of hydrogen-bond donors (Lipinski definition) is 1. The van der Waals surface area contributed by atoms with Gasteiger partial charge in [0, 0.05) is 31.6 Å². The molecular weight excluding hydrogens is 346 g/mol. The standard InChI is InChI=1S/C19H33N5O3/c1-3-16-21-18(27-22-16)14-23(2)13-17(25)20-15-19(7-5-4-6-8-19)24-9-11-26-12-10-24/h3-15H2,1-2H3,(H,20,25). The lowest BCUT2D eigenvalue weighted by atomic mass is 9.79. The Labute approximate surface area is 161 Å². The van der Waals surface area contributed by atoms with Gasteiger partial charge in [0.2, 0.25) is 11.8 Å². The minimum absolute atomic E-state index is 0.0472. The van der Waals surface area contributed by atoms with E-state index in [0.29, 0.717) is 24.8 Å². The van der Waals surface area contributed by atoms with Gasteiger partial charge in [0.25, 0.3) is 0 Å². The number of aromatic nitrogens is 2. The number of aryl methyl sites for hydroxylation is 1. The molecule has 0 aromatic carbocycles. The lowest BCUT2D eigenvalue weighted by Gasteiger charge is -2.48. The number of rotatable bonds is 8. The Morgan fingerprint density at radius 3 is 2.67 bits per heavy atom. The third-order valence-electron chi connectivity index (χ3n) is 5.73. The summed E-state index contributed by atoms with van der Waals surface area (Å²) in [4.78, 5) is 21.3. The van der Waals surface area contributed by atoms with Crippen LogP contribution in [0.1, 0.15) is 50.7 Å². The van der Waals surface area contributed by atoms with Crippen LogP contribution in [0, 0.1) is 0 Å². The second-order valence-electron chi connectivity index (χ2n) is 7.79. The van der Waals surface area contributed by atoms with Crippen LogP contribution in [0.4, 0.5) is 0 Å². The van der Waals surface area contributed by atoms with Crippen molar-refractivity contribution in [1.29, 1.82) is 0 Å². The summed E-state index contributed by atoms with van der Waals surface area (Å²) in [5, 5.41) is 7.09. The first kappa shape index (κ1) is 20.2. The molecule has 2 fully saturated rings. The molecule has 0 spiro atoms. The molecule has 152 valence electrons. The molecule has 3 rings (SSSR count). The molecule has 1 aromatic rings. The van der Waals surface area contributed by atoms with Gasteiger partial charge >= 0.3 is 0 Å². The zero-order valence-corrected chi connectivity index (χ0v) is 16.7. The lowest BCUT2D eigenvalue weighted by Crippen LogP contribution is -2.60. The molecule has 0 radical (unpaired) electrons. The van der Waals surface area contributed by atoms with Crippen LogP contribution in [0.25, 0.3) is 0 Å². The predicted octanol–water partition coefficient (Wildman–Crippen LogP) is 1.22. The summed E-state index contributed by atoms with van der Waals surface area (Å²) in [5.74, 6) is 1.30. The molecular formula is C19H33N5O3.